The molecule has 0 fully saturated rings. The summed E-state index contributed by atoms with van der Waals surface area (Å²) >= 11 is 0. The summed E-state index contributed by atoms with van der Waals surface area (Å²) in [7, 11) is 0. The van der Waals surface area contributed by atoms with E-state index in [4.69, 9.17) is 4.84 Å². The quantitative estimate of drug-likeness (QED) is 0.575. The Balaban J connectivity index is 2.14. The molecule has 0 bridgehead atoms. The first-order chi connectivity index (χ1) is 8.27. The van der Waals surface area contributed by atoms with Crippen LogP contribution in [0.3, 0.4) is 0 Å². The van der Waals surface area contributed by atoms with Gasteiger partial charge in [0.05, 0.1) is 5.71 Å². The maximum absolute atomic E-state index is 5.44. The number of nitrogens with zero attached hydrogens (tertiary/aromatic N) is 1. The fourth-order valence-electron chi connectivity index (χ4n) is 1.51. The molecule has 0 aliphatic heterocycles. The van der Waals surface area contributed by atoms with Crippen LogP contribution in [0.25, 0.3) is 0 Å². The van der Waals surface area contributed by atoms with Gasteiger partial charge in [0.15, 0.2) is 5.75 Å². The first-order valence-electron chi connectivity index (χ1n) is 5.60. The van der Waals surface area contributed by atoms with Crippen molar-refractivity contribution in [1.29, 1.82) is 0 Å². The second-order valence-corrected chi connectivity index (χ2v) is 3.90. The van der Waals surface area contributed by atoms with E-state index in [2.05, 4.69) is 5.16 Å². The van der Waals surface area contributed by atoms with E-state index in [1.165, 1.54) is 0 Å². The topological polar surface area (TPSA) is 21.6 Å². The molecule has 0 aliphatic rings. The molecule has 0 saturated carbocycles. The van der Waals surface area contributed by atoms with Crippen LogP contribution in [-0.2, 0) is 0 Å². The van der Waals surface area contributed by atoms with E-state index >= 15 is 0 Å². The molecule has 0 aliphatic carbocycles. The molecule has 0 amide bonds. The van der Waals surface area contributed by atoms with Crippen molar-refractivity contribution in [2.75, 3.05) is 0 Å². The van der Waals surface area contributed by atoms with Gasteiger partial charge in [0.1, 0.15) is 0 Å². The van der Waals surface area contributed by atoms with Gasteiger partial charge < -0.3 is 4.84 Å². The summed E-state index contributed by atoms with van der Waals surface area (Å²) in [6, 6.07) is 17.8. The highest BCUT2D eigenvalue weighted by Gasteiger charge is 1.99. The average Bonchev–Trinajstić information content (AvgIpc) is 2.38. The normalized spacial score (nSPS) is 11.3. The van der Waals surface area contributed by atoms with E-state index in [0.717, 1.165) is 22.6 Å². The van der Waals surface area contributed by atoms with Gasteiger partial charge in [0.25, 0.3) is 0 Å². The van der Waals surface area contributed by atoms with Gasteiger partial charge in [-0.1, -0.05) is 53.7 Å². The van der Waals surface area contributed by atoms with Gasteiger partial charge in [-0.05, 0) is 31.0 Å². The van der Waals surface area contributed by atoms with E-state index in [0.29, 0.717) is 0 Å². The van der Waals surface area contributed by atoms with Crippen LogP contribution in [0.15, 0.2) is 59.8 Å². The largest absolute Gasteiger partial charge is 0.356 e. The van der Waals surface area contributed by atoms with Crippen LogP contribution in [0, 0.1) is 6.92 Å². The van der Waals surface area contributed by atoms with Gasteiger partial charge in [-0.25, -0.2) is 0 Å². The second kappa shape index (κ2) is 5.30. The third-order valence-corrected chi connectivity index (χ3v) is 2.57. The lowest BCUT2D eigenvalue weighted by atomic mass is 10.1. The SMILES string of the molecule is C/C(=N\Oc1ccccc1C)c1ccccc1. The summed E-state index contributed by atoms with van der Waals surface area (Å²) in [5, 5.41) is 4.14. The maximum atomic E-state index is 5.44. The van der Waals surface area contributed by atoms with E-state index in [9.17, 15) is 0 Å². The van der Waals surface area contributed by atoms with Crippen molar-refractivity contribution >= 4 is 5.71 Å². The van der Waals surface area contributed by atoms with Gasteiger partial charge in [0.2, 0.25) is 0 Å². The Morgan fingerprint density at radius 1 is 0.941 bits per heavy atom. The first-order valence-corrected chi connectivity index (χ1v) is 5.60. The third kappa shape index (κ3) is 2.94. The molecular formula is C15H15NO. The van der Waals surface area contributed by atoms with Crippen molar-refractivity contribution in [3.05, 3.63) is 65.7 Å². The molecule has 0 atom stereocenters. The van der Waals surface area contributed by atoms with E-state index < -0.39 is 0 Å². The van der Waals surface area contributed by atoms with Crippen LogP contribution >= 0.6 is 0 Å². The van der Waals surface area contributed by atoms with E-state index in [-0.39, 0.29) is 0 Å². The zero-order valence-corrected chi connectivity index (χ0v) is 10.1. The molecule has 86 valence electrons. The number of benzene rings is 2. The van der Waals surface area contributed by atoms with Crippen LogP contribution in [0.4, 0.5) is 0 Å². The lowest BCUT2D eigenvalue weighted by Crippen LogP contribution is -1.97. The predicted molar refractivity (Wildman–Crippen MR) is 70.5 cm³/mol. The average molecular weight is 225 g/mol. The van der Waals surface area contributed by atoms with Gasteiger partial charge in [-0.3, -0.25) is 0 Å². The highest BCUT2D eigenvalue weighted by atomic mass is 16.6. The van der Waals surface area contributed by atoms with Crippen molar-refractivity contribution < 1.29 is 4.84 Å². The molecule has 0 radical (unpaired) electrons. The lowest BCUT2D eigenvalue weighted by molar-refractivity contribution is 0.339. The van der Waals surface area contributed by atoms with Crippen LogP contribution in [0.2, 0.25) is 0 Å². The smallest absolute Gasteiger partial charge is 0.160 e. The van der Waals surface area contributed by atoms with Crippen LogP contribution < -0.4 is 4.84 Å². The molecule has 0 heterocycles. The van der Waals surface area contributed by atoms with Gasteiger partial charge in [-0.2, -0.15) is 0 Å². The number of aryl methyl sites for hydroxylation is 1. The van der Waals surface area contributed by atoms with Crippen molar-refractivity contribution in [1.82, 2.24) is 0 Å². The minimum Gasteiger partial charge on any atom is -0.356 e. The fourth-order valence-corrected chi connectivity index (χ4v) is 1.51. The summed E-state index contributed by atoms with van der Waals surface area (Å²) < 4.78 is 0. The predicted octanol–water partition coefficient (Wildman–Crippen LogP) is 3.80. The lowest BCUT2D eigenvalue weighted by Gasteiger charge is -2.04. The van der Waals surface area contributed by atoms with Crippen LogP contribution in [0.1, 0.15) is 18.1 Å². The Bertz CT molecular complexity index is 517. The molecular weight excluding hydrogens is 210 g/mol. The van der Waals surface area contributed by atoms with Crippen molar-refractivity contribution in [3.8, 4) is 5.75 Å². The second-order valence-electron chi connectivity index (χ2n) is 3.90. The molecule has 17 heavy (non-hydrogen) atoms. The monoisotopic (exact) mass is 225 g/mol. The number of hydrogen-bond donors (Lipinski definition) is 0. The van der Waals surface area contributed by atoms with Crippen molar-refractivity contribution in [3.63, 3.8) is 0 Å². The van der Waals surface area contributed by atoms with E-state index in [1.54, 1.807) is 0 Å². The zero-order valence-electron chi connectivity index (χ0n) is 10.1. The Hall–Kier alpha value is -2.09. The third-order valence-electron chi connectivity index (χ3n) is 2.57. The van der Waals surface area contributed by atoms with Crippen LogP contribution in [-0.4, -0.2) is 5.71 Å². The number of hydrogen-bond acceptors (Lipinski definition) is 2. The minimum absolute atomic E-state index is 0.794. The van der Waals surface area contributed by atoms with Gasteiger partial charge >= 0.3 is 0 Å². The van der Waals surface area contributed by atoms with Crippen molar-refractivity contribution in [2.45, 2.75) is 13.8 Å². The molecule has 2 heteroatoms. The summed E-state index contributed by atoms with van der Waals surface area (Å²) in [5.41, 5.74) is 3.02. The maximum Gasteiger partial charge on any atom is 0.160 e. The molecule has 0 saturated heterocycles. The summed E-state index contributed by atoms with van der Waals surface area (Å²) in [4.78, 5) is 5.44. The van der Waals surface area contributed by atoms with Crippen LogP contribution in [0.5, 0.6) is 5.75 Å². The van der Waals surface area contributed by atoms with Gasteiger partial charge in [0, 0.05) is 0 Å². The standard InChI is InChI=1S/C15H15NO/c1-12-8-6-7-11-15(12)17-16-13(2)14-9-4-3-5-10-14/h3-11H,1-2H3/b16-13+. The molecule has 0 unspecified atom stereocenters. The fraction of sp³-hybridized carbons (Fsp3) is 0.133. The molecule has 0 spiro atoms. The Labute approximate surface area is 102 Å². The molecule has 2 nitrogen and oxygen atoms in total. The molecule has 2 aromatic rings. The van der Waals surface area contributed by atoms with E-state index in [1.807, 2.05) is 68.4 Å². The summed E-state index contributed by atoms with van der Waals surface area (Å²) in [6.07, 6.45) is 0. The van der Waals surface area contributed by atoms with Crippen molar-refractivity contribution in [2.24, 2.45) is 5.16 Å². The zero-order chi connectivity index (χ0) is 12.1. The molecule has 2 aromatic carbocycles. The highest BCUT2D eigenvalue weighted by Crippen LogP contribution is 2.16. The Morgan fingerprint density at radius 2 is 1.59 bits per heavy atom. The molecule has 0 aromatic heterocycles. The summed E-state index contributed by atoms with van der Waals surface area (Å²) in [6.45, 7) is 3.94. The Morgan fingerprint density at radius 3 is 2.29 bits per heavy atom. The number of oxime groups is 1. The molecule has 2 rings (SSSR count). The minimum atomic E-state index is 0.794. The highest BCUT2D eigenvalue weighted by molar-refractivity contribution is 5.98. The molecule has 0 N–H and O–H groups in total. The number of rotatable bonds is 3. The van der Waals surface area contributed by atoms with Gasteiger partial charge in [-0.15, -0.1) is 0 Å². The Kier molecular flexibility index (Phi) is 3.55. The summed E-state index contributed by atoms with van der Waals surface area (Å²) in [5.74, 6) is 0.794. The number of para-hydroxylation sites is 1. The first kappa shape index (κ1) is 11.4.